The number of nitrogens with zero attached hydrogens (tertiary/aromatic N) is 1. The van der Waals surface area contributed by atoms with Gasteiger partial charge in [-0.3, -0.25) is 4.79 Å². The third-order valence-electron chi connectivity index (χ3n) is 2.59. The Kier molecular flexibility index (Phi) is 4.70. The minimum atomic E-state index is -0.816. The molecule has 19 heavy (non-hydrogen) atoms. The second-order valence-corrected chi connectivity index (χ2v) is 5.59. The Labute approximate surface area is 114 Å². The molecule has 1 aromatic carbocycles. The van der Waals surface area contributed by atoms with Gasteiger partial charge in [0.25, 0.3) is 0 Å². The predicted molar refractivity (Wildman–Crippen MR) is 73.5 cm³/mol. The normalized spacial score (nSPS) is 11.0. The molecule has 1 rings (SSSR count). The van der Waals surface area contributed by atoms with Crippen LogP contribution in [0.4, 0.5) is 0 Å². The summed E-state index contributed by atoms with van der Waals surface area (Å²) in [7, 11) is 1.60. The van der Waals surface area contributed by atoms with Gasteiger partial charge in [-0.2, -0.15) is 0 Å². The number of ether oxygens (including phenoxy) is 1. The van der Waals surface area contributed by atoms with E-state index in [-0.39, 0.29) is 0 Å². The van der Waals surface area contributed by atoms with Gasteiger partial charge in [-0.05, 0) is 38.8 Å². The van der Waals surface area contributed by atoms with Crippen LogP contribution in [0.15, 0.2) is 24.3 Å². The molecule has 104 valence electrons. The van der Waals surface area contributed by atoms with Crippen molar-refractivity contribution >= 4 is 11.9 Å². The van der Waals surface area contributed by atoms with E-state index in [1.807, 2.05) is 31.2 Å². The quantitative estimate of drug-likeness (QED) is 0.607. The van der Waals surface area contributed by atoms with E-state index >= 15 is 0 Å². The molecule has 0 unspecified atom stereocenters. The first-order valence-corrected chi connectivity index (χ1v) is 6.23. The van der Waals surface area contributed by atoms with Crippen LogP contribution in [-0.4, -0.2) is 29.4 Å². The molecule has 0 radical (unpaired) electrons. The number of carbonyl (C=O) groups is 2. The molecule has 1 aromatic rings. The molecule has 0 saturated carbocycles. The fraction of sp³-hybridized carbons (Fsp3) is 0.467. The number of hydrogen-bond acceptors (Lipinski definition) is 3. The largest absolute Gasteiger partial charge is 0.453 e. The van der Waals surface area contributed by atoms with Crippen LogP contribution in [0.3, 0.4) is 0 Å². The number of amides is 1. The molecule has 0 fully saturated rings. The van der Waals surface area contributed by atoms with Gasteiger partial charge in [0, 0.05) is 13.6 Å². The smallest absolute Gasteiger partial charge is 0.397 e. The molecular formula is C15H21NO3. The molecule has 0 aromatic heterocycles. The lowest BCUT2D eigenvalue weighted by Crippen LogP contribution is -2.38. The second-order valence-electron chi connectivity index (χ2n) is 5.59. The highest BCUT2D eigenvalue weighted by Gasteiger charge is 2.25. The van der Waals surface area contributed by atoms with Gasteiger partial charge in [0.05, 0.1) is 0 Å². The fourth-order valence-corrected chi connectivity index (χ4v) is 1.59. The molecule has 1 amide bonds. The van der Waals surface area contributed by atoms with Crippen LogP contribution in [0.1, 0.15) is 31.9 Å². The monoisotopic (exact) mass is 263 g/mol. The number of carbonyl (C=O) groups excluding carboxylic acids is 2. The van der Waals surface area contributed by atoms with Crippen LogP contribution < -0.4 is 0 Å². The van der Waals surface area contributed by atoms with Gasteiger partial charge >= 0.3 is 11.9 Å². The summed E-state index contributed by atoms with van der Waals surface area (Å²) in [4.78, 5) is 24.9. The maximum absolute atomic E-state index is 11.9. The van der Waals surface area contributed by atoms with E-state index in [1.165, 1.54) is 4.90 Å². The molecular weight excluding hydrogens is 242 g/mol. The van der Waals surface area contributed by atoms with Crippen LogP contribution in [0, 0.1) is 6.92 Å². The van der Waals surface area contributed by atoms with Gasteiger partial charge < -0.3 is 9.64 Å². The summed E-state index contributed by atoms with van der Waals surface area (Å²) < 4.78 is 5.06. The Bertz CT molecular complexity index is 475. The minimum absolute atomic E-state index is 0.394. The molecule has 0 spiro atoms. The zero-order chi connectivity index (χ0) is 14.6. The third kappa shape index (κ3) is 4.73. The lowest BCUT2D eigenvalue weighted by Gasteiger charge is -2.22. The standard InChI is InChI=1S/C15H21NO3/c1-11-8-6-7-9-12(11)10-16(5)13(17)14(18)19-15(2,3)4/h6-9H,10H2,1-5H3. The summed E-state index contributed by atoms with van der Waals surface area (Å²) in [6.07, 6.45) is 0. The van der Waals surface area contributed by atoms with Crippen LogP contribution in [0.25, 0.3) is 0 Å². The number of aryl methyl sites for hydroxylation is 1. The van der Waals surface area contributed by atoms with Gasteiger partial charge in [0.1, 0.15) is 5.60 Å². The zero-order valence-electron chi connectivity index (χ0n) is 12.2. The van der Waals surface area contributed by atoms with Crippen LogP contribution in [-0.2, 0) is 20.9 Å². The SMILES string of the molecule is Cc1ccccc1CN(C)C(=O)C(=O)OC(C)(C)C. The van der Waals surface area contributed by atoms with Crippen molar-refractivity contribution in [2.24, 2.45) is 0 Å². The first-order valence-electron chi connectivity index (χ1n) is 6.23. The van der Waals surface area contributed by atoms with E-state index in [4.69, 9.17) is 4.74 Å². The van der Waals surface area contributed by atoms with Gasteiger partial charge in [-0.25, -0.2) is 4.79 Å². The van der Waals surface area contributed by atoms with Crippen molar-refractivity contribution in [1.29, 1.82) is 0 Å². The van der Waals surface area contributed by atoms with Crippen LogP contribution in [0.2, 0.25) is 0 Å². The van der Waals surface area contributed by atoms with Crippen molar-refractivity contribution in [3.8, 4) is 0 Å². The lowest BCUT2D eigenvalue weighted by molar-refractivity contribution is -0.167. The highest BCUT2D eigenvalue weighted by molar-refractivity contribution is 6.32. The van der Waals surface area contributed by atoms with Gasteiger partial charge in [-0.1, -0.05) is 24.3 Å². The zero-order valence-corrected chi connectivity index (χ0v) is 12.2. The molecule has 4 nitrogen and oxygen atoms in total. The Morgan fingerprint density at radius 1 is 1.21 bits per heavy atom. The summed E-state index contributed by atoms with van der Waals surface area (Å²) in [5.74, 6) is -1.44. The summed E-state index contributed by atoms with van der Waals surface area (Å²) in [6, 6.07) is 7.76. The average Bonchev–Trinajstić information content (AvgIpc) is 2.28. The third-order valence-corrected chi connectivity index (χ3v) is 2.59. The second kappa shape index (κ2) is 5.87. The van der Waals surface area contributed by atoms with E-state index in [2.05, 4.69) is 0 Å². The molecule has 0 N–H and O–H groups in total. The Morgan fingerprint density at radius 3 is 2.32 bits per heavy atom. The van der Waals surface area contributed by atoms with Crippen molar-refractivity contribution < 1.29 is 14.3 Å². The van der Waals surface area contributed by atoms with Crippen molar-refractivity contribution in [2.75, 3.05) is 7.05 Å². The predicted octanol–water partition coefficient (Wildman–Crippen LogP) is 2.30. The van der Waals surface area contributed by atoms with Crippen LogP contribution >= 0.6 is 0 Å². The topological polar surface area (TPSA) is 46.6 Å². The molecule has 0 aliphatic carbocycles. The number of rotatable bonds is 2. The number of likely N-dealkylation sites (N-methyl/N-ethyl adjacent to an activating group) is 1. The summed E-state index contributed by atoms with van der Waals surface area (Å²) in [5.41, 5.74) is 1.45. The van der Waals surface area contributed by atoms with Gasteiger partial charge in [-0.15, -0.1) is 0 Å². The maximum atomic E-state index is 11.9. The summed E-state index contributed by atoms with van der Waals surface area (Å²) >= 11 is 0. The summed E-state index contributed by atoms with van der Waals surface area (Å²) in [6.45, 7) is 7.57. The number of esters is 1. The van der Waals surface area contributed by atoms with Crippen molar-refractivity contribution in [3.63, 3.8) is 0 Å². The van der Waals surface area contributed by atoms with Crippen LogP contribution in [0.5, 0.6) is 0 Å². The van der Waals surface area contributed by atoms with Crippen molar-refractivity contribution in [1.82, 2.24) is 4.90 Å². The maximum Gasteiger partial charge on any atom is 0.397 e. The van der Waals surface area contributed by atoms with E-state index < -0.39 is 17.5 Å². The number of benzene rings is 1. The van der Waals surface area contributed by atoms with E-state index in [9.17, 15) is 9.59 Å². The highest BCUT2D eigenvalue weighted by atomic mass is 16.6. The molecule has 0 atom stereocenters. The average molecular weight is 263 g/mol. The Balaban J connectivity index is 2.68. The van der Waals surface area contributed by atoms with E-state index in [0.717, 1.165) is 11.1 Å². The van der Waals surface area contributed by atoms with E-state index in [0.29, 0.717) is 6.54 Å². The first-order chi connectivity index (χ1) is 8.70. The molecule has 0 saturated heterocycles. The fourth-order valence-electron chi connectivity index (χ4n) is 1.59. The van der Waals surface area contributed by atoms with Crippen molar-refractivity contribution in [2.45, 2.75) is 39.8 Å². The molecule has 0 aliphatic rings. The van der Waals surface area contributed by atoms with E-state index in [1.54, 1.807) is 27.8 Å². The molecule has 4 heteroatoms. The molecule has 0 bridgehead atoms. The molecule has 0 heterocycles. The minimum Gasteiger partial charge on any atom is -0.453 e. The van der Waals surface area contributed by atoms with Gasteiger partial charge in [0.2, 0.25) is 0 Å². The Hall–Kier alpha value is -1.84. The first kappa shape index (κ1) is 15.2. The lowest BCUT2D eigenvalue weighted by atomic mass is 10.1. The number of hydrogen-bond donors (Lipinski definition) is 0. The highest BCUT2D eigenvalue weighted by Crippen LogP contribution is 2.11. The van der Waals surface area contributed by atoms with Gasteiger partial charge in [0.15, 0.2) is 0 Å². The molecule has 0 aliphatic heterocycles. The summed E-state index contributed by atoms with van der Waals surface area (Å²) in [5, 5.41) is 0. The Morgan fingerprint density at radius 2 is 1.79 bits per heavy atom. The van der Waals surface area contributed by atoms with Crippen molar-refractivity contribution in [3.05, 3.63) is 35.4 Å².